The topological polar surface area (TPSA) is 34.9 Å². The monoisotopic (exact) mass is 258 g/mol. The lowest BCUT2D eigenvalue weighted by Crippen LogP contribution is -2.01. The van der Waals surface area contributed by atoms with Crippen molar-refractivity contribution in [3.05, 3.63) is 60.2 Å². The lowest BCUT2D eigenvalue weighted by Gasteiger charge is -2.06. The molecule has 1 aromatic heterocycles. The molecule has 0 amide bonds. The molecule has 0 aliphatic carbocycles. The smallest absolute Gasteiger partial charge is 0.153 e. The van der Waals surface area contributed by atoms with Crippen molar-refractivity contribution in [3.63, 3.8) is 0 Å². The van der Waals surface area contributed by atoms with Gasteiger partial charge in [0.2, 0.25) is 0 Å². The van der Waals surface area contributed by atoms with E-state index < -0.39 is 0 Å². The molecule has 98 valence electrons. The first-order valence-electron chi connectivity index (χ1n) is 6.08. The van der Waals surface area contributed by atoms with E-state index in [2.05, 4.69) is 11.7 Å². The Morgan fingerprint density at radius 1 is 1.47 bits per heavy atom. The van der Waals surface area contributed by atoms with Gasteiger partial charge >= 0.3 is 0 Å². The lowest BCUT2D eigenvalue weighted by atomic mass is 10.0. The number of hydrogen-bond acceptors (Lipinski definition) is 2. The van der Waals surface area contributed by atoms with Crippen LogP contribution >= 0.6 is 0 Å². The summed E-state index contributed by atoms with van der Waals surface area (Å²) < 4.78 is 15.1. The Balaban J connectivity index is 2.47. The third kappa shape index (κ3) is 2.62. The normalized spacial score (nSPS) is 12.1. The van der Waals surface area contributed by atoms with E-state index in [0.29, 0.717) is 16.9 Å². The minimum Gasteiger partial charge on any atom is -0.298 e. The number of aromatic nitrogens is 2. The molecule has 4 heteroatoms. The molecule has 2 aromatic rings. The van der Waals surface area contributed by atoms with Crippen LogP contribution in [0.5, 0.6) is 0 Å². The standard InChI is InChI=1S/C15H15FN2O/c1-3-6-11(2)15-12(10-19)9-18(17-15)14-8-5-4-7-13(14)16/h3-5,7-11H,1,6H2,2H3. The summed E-state index contributed by atoms with van der Waals surface area (Å²) >= 11 is 0. The summed E-state index contributed by atoms with van der Waals surface area (Å²) in [6.45, 7) is 5.64. The highest BCUT2D eigenvalue weighted by Gasteiger charge is 2.16. The predicted octanol–water partition coefficient (Wildman–Crippen LogP) is 3.50. The number of carbonyl (C=O) groups is 1. The summed E-state index contributed by atoms with van der Waals surface area (Å²) in [4.78, 5) is 11.1. The first-order chi connectivity index (χ1) is 9.17. The number of carbonyl (C=O) groups excluding carboxylic acids is 1. The number of rotatable bonds is 5. The van der Waals surface area contributed by atoms with E-state index in [1.54, 1.807) is 30.5 Å². The Labute approximate surface area is 111 Å². The van der Waals surface area contributed by atoms with Crippen LogP contribution in [-0.2, 0) is 0 Å². The molecular weight excluding hydrogens is 243 g/mol. The molecule has 3 nitrogen and oxygen atoms in total. The summed E-state index contributed by atoms with van der Waals surface area (Å²) in [7, 11) is 0. The summed E-state index contributed by atoms with van der Waals surface area (Å²) in [5, 5.41) is 4.33. The largest absolute Gasteiger partial charge is 0.298 e. The number of benzene rings is 1. The van der Waals surface area contributed by atoms with Crippen LogP contribution in [0.3, 0.4) is 0 Å². The Hall–Kier alpha value is -2.23. The lowest BCUT2D eigenvalue weighted by molar-refractivity contribution is 0.112. The van der Waals surface area contributed by atoms with Crippen molar-refractivity contribution in [2.75, 3.05) is 0 Å². The zero-order chi connectivity index (χ0) is 13.8. The van der Waals surface area contributed by atoms with Crippen LogP contribution in [0, 0.1) is 5.82 Å². The second kappa shape index (κ2) is 5.61. The molecule has 1 heterocycles. The van der Waals surface area contributed by atoms with Crippen LogP contribution in [0.2, 0.25) is 0 Å². The average Bonchev–Trinajstić information content (AvgIpc) is 2.83. The Morgan fingerprint density at radius 2 is 2.21 bits per heavy atom. The van der Waals surface area contributed by atoms with Gasteiger partial charge in [-0.3, -0.25) is 4.79 Å². The maximum Gasteiger partial charge on any atom is 0.153 e. The van der Waals surface area contributed by atoms with Gasteiger partial charge in [0, 0.05) is 12.1 Å². The molecule has 1 unspecified atom stereocenters. The number of halogens is 1. The quantitative estimate of drug-likeness (QED) is 0.607. The molecule has 0 radical (unpaired) electrons. The van der Waals surface area contributed by atoms with Gasteiger partial charge in [0.1, 0.15) is 11.5 Å². The minimum atomic E-state index is -0.370. The van der Waals surface area contributed by atoms with Gasteiger partial charge < -0.3 is 0 Å². The summed E-state index contributed by atoms with van der Waals surface area (Å²) in [6, 6.07) is 6.33. The van der Waals surface area contributed by atoms with E-state index in [9.17, 15) is 9.18 Å². The van der Waals surface area contributed by atoms with Crippen molar-refractivity contribution in [2.24, 2.45) is 0 Å². The third-order valence-electron chi connectivity index (χ3n) is 2.99. The fourth-order valence-corrected chi connectivity index (χ4v) is 2.00. The van der Waals surface area contributed by atoms with Crippen molar-refractivity contribution in [3.8, 4) is 5.69 Å². The van der Waals surface area contributed by atoms with Gasteiger partial charge in [0.25, 0.3) is 0 Å². The molecule has 1 aromatic carbocycles. The maximum atomic E-state index is 13.7. The van der Waals surface area contributed by atoms with Gasteiger partial charge in [-0.25, -0.2) is 9.07 Å². The van der Waals surface area contributed by atoms with Crippen LogP contribution < -0.4 is 0 Å². The second-order valence-electron chi connectivity index (χ2n) is 4.41. The number of para-hydroxylation sites is 1. The van der Waals surface area contributed by atoms with Gasteiger partial charge in [-0.05, 0) is 18.6 Å². The fraction of sp³-hybridized carbons (Fsp3) is 0.200. The molecular formula is C15H15FN2O. The maximum absolute atomic E-state index is 13.7. The SMILES string of the molecule is C=CCC(C)c1nn(-c2ccccc2F)cc1C=O. The molecule has 0 bridgehead atoms. The third-order valence-corrected chi connectivity index (χ3v) is 2.99. The second-order valence-corrected chi connectivity index (χ2v) is 4.41. The molecule has 0 saturated carbocycles. The molecule has 0 N–H and O–H groups in total. The number of aldehydes is 1. The summed E-state index contributed by atoms with van der Waals surface area (Å²) in [5.74, 6) is -0.295. The Bertz CT molecular complexity index is 604. The molecule has 19 heavy (non-hydrogen) atoms. The fourth-order valence-electron chi connectivity index (χ4n) is 2.00. The number of hydrogen-bond donors (Lipinski definition) is 0. The van der Waals surface area contributed by atoms with Crippen molar-refractivity contribution in [1.29, 1.82) is 0 Å². The van der Waals surface area contributed by atoms with Crippen LogP contribution in [0.1, 0.15) is 35.3 Å². The van der Waals surface area contributed by atoms with E-state index >= 15 is 0 Å². The number of allylic oxidation sites excluding steroid dienone is 1. The molecule has 0 fully saturated rings. The van der Waals surface area contributed by atoms with Gasteiger partial charge in [0.05, 0.1) is 11.3 Å². The molecule has 0 saturated heterocycles. The highest BCUT2D eigenvalue weighted by Crippen LogP contribution is 2.23. The molecule has 0 aliphatic rings. The minimum absolute atomic E-state index is 0.0747. The predicted molar refractivity (Wildman–Crippen MR) is 72.1 cm³/mol. The van der Waals surface area contributed by atoms with E-state index in [1.165, 1.54) is 10.7 Å². The molecule has 0 spiro atoms. The van der Waals surface area contributed by atoms with Crippen LogP contribution in [-0.4, -0.2) is 16.1 Å². The summed E-state index contributed by atoms with van der Waals surface area (Å²) in [5.41, 5.74) is 1.48. The van der Waals surface area contributed by atoms with Crippen LogP contribution in [0.25, 0.3) is 5.69 Å². The van der Waals surface area contributed by atoms with E-state index in [0.717, 1.165) is 12.7 Å². The molecule has 2 rings (SSSR count). The first-order valence-corrected chi connectivity index (χ1v) is 6.08. The van der Waals surface area contributed by atoms with E-state index in [1.807, 2.05) is 6.92 Å². The highest BCUT2D eigenvalue weighted by molar-refractivity contribution is 5.76. The van der Waals surface area contributed by atoms with Crippen LogP contribution in [0.4, 0.5) is 4.39 Å². The number of nitrogens with zero attached hydrogens (tertiary/aromatic N) is 2. The zero-order valence-corrected chi connectivity index (χ0v) is 10.7. The van der Waals surface area contributed by atoms with E-state index in [4.69, 9.17) is 0 Å². The molecule has 0 aliphatic heterocycles. The van der Waals surface area contributed by atoms with Crippen molar-refractivity contribution < 1.29 is 9.18 Å². The van der Waals surface area contributed by atoms with Gasteiger partial charge in [-0.2, -0.15) is 5.10 Å². The van der Waals surface area contributed by atoms with Crippen molar-refractivity contribution in [1.82, 2.24) is 9.78 Å². The van der Waals surface area contributed by atoms with Crippen molar-refractivity contribution >= 4 is 6.29 Å². The Morgan fingerprint density at radius 3 is 2.84 bits per heavy atom. The highest BCUT2D eigenvalue weighted by atomic mass is 19.1. The van der Waals surface area contributed by atoms with Gasteiger partial charge in [-0.1, -0.05) is 25.1 Å². The van der Waals surface area contributed by atoms with E-state index in [-0.39, 0.29) is 11.7 Å². The van der Waals surface area contributed by atoms with Gasteiger partial charge in [0.15, 0.2) is 6.29 Å². The average molecular weight is 258 g/mol. The first kappa shape index (κ1) is 13.2. The Kier molecular flexibility index (Phi) is 3.90. The van der Waals surface area contributed by atoms with Crippen LogP contribution in [0.15, 0.2) is 43.1 Å². The molecule has 1 atom stereocenters. The summed E-state index contributed by atoms with van der Waals surface area (Å²) in [6.07, 6.45) is 4.80. The zero-order valence-electron chi connectivity index (χ0n) is 10.7. The van der Waals surface area contributed by atoms with Gasteiger partial charge in [-0.15, -0.1) is 6.58 Å². The van der Waals surface area contributed by atoms with Crippen molar-refractivity contribution in [2.45, 2.75) is 19.3 Å².